The Bertz CT molecular complexity index is 890. The van der Waals surface area contributed by atoms with Crippen LogP contribution in [0, 0.1) is 0 Å². The largest absolute Gasteiger partial charge is 0.355 e. The zero-order valence-electron chi connectivity index (χ0n) is 15.5. The molecule has 0 aliphatic carbocycles. The van der Waals surface area contributed by atoms with E-state index in [9.17, 15) is 4.79 Å². The van der Waals surface area contributed by atoms with Gasteiger partial charge in [0.25, 0.3) is 0 Å². The molecule has 0 spiro atoms. The number of rotatable bonds is 8. The Morgan fingerprint density at radius 1 is 1.07 bits per heavy atom. The quantitative estimate of drug-likeness (QED) is 0.596. The van der Waals surface area contributed by atoms with Crippen LogP contribution in [0.2, 0.25) is 0 Å². The summed E-state index contributed by atoms with van der Waals surface area (Å²) in [5.41, 5.74) is 3.45. The van der Waals surface area contributed by atoms with Crippen LogP contribution in [0.25, 0.3) is 10.9 Å². The van der Waals surface area contributed by atoms with E-state index in [0.717, 1.165) is 40.3 Å². The topological polar surface area (TPSA) is 45.2 Å². The highest BCUT2D eigenvalue weighted by Gasteiger charge is 2.07. The lowest BCUT2D eigenvalue weighted by Crippen LogP contribution is -2.36. The molecule has 4 nitrogen and oxygen atoms in total. The number of nitrogens with zero attached hydrogens (tertiary/aromatic N) is 2. The maximum absolute atomic E-state index is 12.2. The summed E-state index contributed by atoms with van der Waals surface area (Å²) in [6.45, 7) is 1.88. The van der Waals surface area contributed by atoms with Crippen LogP contribution in [0.3, 0.4) is 0 Å². The predicted octanol–water partition coefficient (Wildman–Crippen LogP) is 3.83. The van der Waals surface area contributed by atoms with E-state index < -0.39 is 0 Å². The van der Waals surface area contributed by atoms with E-state index >= 15 is 0 Å². The molecule has 140 valence electrons. The molecule has 0 radical (unpaired) electrons. The number of hydrogen-bond donors (Lipinski definition) is 1. The maximum Gasteiger partial charge on any atom is 0.234 e. The molecule has 1 heterocycles. The van der Waals surface area contributed by atoms with Crippen molar-refractivity contribution < 1.29 is 4.79 Å². The molecule has 0 saturated heterocycles. The fourth-order valence-corrected chi connectivity index (χ4v) is 3.32. The average Bonchev–Trinajstić information content (AvgIpc) is 2.68. The second-order valence-corrected chi connectivity index (χ2v) is 7.62. The Hall–Kier alpha value is -2.24. The number of aromatic nitrogens is 1. The lowest BCUT2D eigenvalue weighted by molar-refractivity contribution is -0.121. The minimum absolute atomic E-state index is 0.0569. The molecule has 0 aliphatic rings. The SMILES string of the molecule is CN(CCc1ccc(Br)cc1)CC(=O)NCCc1cccc2cccnc12. The second kappa shape index (κ2) is 9.62. The van der Waals surface area contributed by atoms with Crippen LogP contribution in [0.1, 0.15) is 11.1 Å². The van der Waals surface area contributed by atoms with Gasteiger partial charge in [-0.05, 0) is 49.2 Å². The van der Waals surface area contributed by atoms with Gasteiger partial charge in [0.15, 0.2) is 0 Å². The van der Waals surface area contributed by atoms with Gasteiger partial charge in [-0.2, -0.15) is 0 Å². The zero-order valence-corrected chi connectivity index (χ0v) is 17.1. The fraction of sp³-hybridized carbons (Fsp3) is 0.273. The summed E-state index contributed by atoms with van der Waals surface area (Å²) in [4.78, 5) is 18.7. The van der Waals surface area contributed by atoms with Gasteiger partial charge in [0.05, 0.1) is 12.1 Å². The van der Waals surface area contributed by atoms with E-state index in [4.69, 9.17) is 0 Å². The van der Waals surface area contributed by atoms with Gasteiger partial charge in [0, 0.05) is 29.1 Å². The summed E-state index contributed by atoms with van der Waals surface area (Å²) in [7, 11) is 1.98. The summed E-state index contributed by atoms with van der Waals surface area (Å²) >= 11 is 3.45. The van der Waals surface area contributed by atoms with Gasteiger partial charge in [-0.15, -0.1) is 0 Å². The molecular weight excluding hydrogens is 402 g/mol. The molecular formula is C22H24BrN3O. The van der Waals surface area contributed by atoms with Crippen molar-refractivity contribution in [2.24, 2.45) is 0 Å². The number of benzene rings is 2. The van der Waals surface area contributed by atoms with Gasteiger partial charge in [0.2, 0.25) is 5.91 Å². The molecule has 1 amide bonds. The molecule has 0 unspecified atom stereocenters. The summed E-state index contributed by atoms with van der Waals surface area (Å²) in [5.74, 6) is 0.0569. The highest BCUT2D eigenvalue weighted by Crippen LogP contribution is 2.16. The number of para-hydroxylation sites is 1. The van der Waals surface area contributed by atoms with Gasteiger partial charge < -0.3 is 5.32 Å². The smallest absolute Gasteiger partial charge is 0.234 e. The van der Waals surface area contributed by atoms with Gasteiger partial charge in [-0.3, -0.25) is 14.7 Å². The standard InChI is InChI=1S/C22H24BrN3O/c1-26(15-12-17-7-9-20(23)10-8-17)16-21(27)24-14-11-19-5-2-4-18-6-3-13-25-22(18)19/h2-10,13H,11-12,14-16H2,1H3,(H,24,27). The first-order chi connectivity index (χ1) is 13.1. The fourth-order valence-electron chi connectivity index (χ4n) is 3.06. The first kappa shape index (κ1) is 19.5. The number of carbonyl (C=O) groups is 1. The number of halogens is 1. The Labute approximate surface area is 168 Å². The van der Waals surface area contributed by atoms with E-state index in [1.54, 1.807) is 0 Å². The first-order valence-electron chi connectivity index (χ1n) is 9.14. The van der Waals surface area contributed by atoms with E-state index in [0.29, 0.717) is 13.1 Å². The number of fused-ring (bicyclic) bond motifs is 1. The van der Waals surface area contributed by atoms with E-state index in [2.05, 4.69) is 61.5 Å². The van der Waals surface area contributed by atoms with Crippen molar-refractivity contribution in [2.45, 2.75) is 12.8 Å². The van der Waals surface area contributed by atoms with Crippen LogP contribution in [-0.2, 0) is 17.6 Å². The maximum atomic E-state index is 12.2. The van der Waals surface area contributed by atoms with Crippen molar-refractivity contribution in [1.82, 2.24) is 15.2 Å². The number of pyridine rings is 1. The molecule has 0 saturated carbocycles. The van der Waals surface area contributed by atoms with Crippen LogP contribution < -0.4 is 5.32 Å². The molecule has 27 heavy (non-hydrogen) atoms. The van der Waals surface area contributed by atoms with Crippen LogP contribution in [-0.4, -0.2) is 42.5 Å². The molecule has 3 aromatic rings. The third kappa shape index (κ3) is 5.88. The molecule has 1 aromatic heterocycles. The van der Waals surface area contributed by atoms with Crippen LogP contribution in [0.4, 0.5) is 0 Å². The minimum Gasteiger partial charge on any atom is -0.355 e. The third-order valence-corrected chi connectivity index (χ3v) is 5.07. The molecule has 0 atom stereocenters. The number of nitrogens with one attached hydrogen (secondary N) is 1. The third-order valence-electron chi connectivity index (χ3n) is 4.54. The summed E-state index contributed by atoms with van der Waals surface area (Å²) < 4.78 is 1.08. The van der Waals surface area contributed by atoms with Gasteiger partial charge in [0.1, 0.15) is 0 Å². The molecule has 1 N–H and O–H groups in total. The normalized spacial score (nSPS) is 11.1. The van der Waals surface area contributed by atoms with Crippen LogP contribution >= 0.6 is 15.9 Å². The van der Waals surface area contributed by atoms with Crippen molar-refractivity contribution in [3.8, 4) is 0 Å². The van der Waals surface area contributed by atoms with E-state index in [1.807, 2.05) is 37.5 Å². The highest BCUT2D eigenvalue weighted by atomic mass is 79.9. The van der Waals surface area contributed by atoms with Crippen molar-refractivity contribution in [3.05, 3.63) is 76.4 Å². The Morgan fingerprint density at radius 2 is 1.85 bits per heavy atom. The van der Waals surface area contributed by atoms with Crippen LogP contribution in [0.15, 0.2) is 65.3 Å². The number of hydrogen-bond acceptors (Lipinski definition) is 3. The zero-order chi connectivity index (χ0) is 19.1. The number of carbonyl (C=O) groups excluding carboxylic acids is 1. The summed E-state index contributed by atoms with van der Waals surface area (Å²) in [5, 5.41) is 4.15. The first-order valence-corrected chi connectivity index (χ1v) is 9.93. The lowest BCUT2D eigenvalue weighted by atomic mass is 10.1. The van der Waals surface area contributed by atoms with Gasteiger partial charge in [-0.1, -0.05) is 52.3 Å². The summed E-state index contributed by atoms with van der Waals surface area (Å²) in [6.07, 6.45) is 3.52. The minimum atomic E-state index is 0.0569. The molecule has 2 aromatic carbocycles. The molecule has 0 aliphatic heterocycles. The Balaban J connectivity index is 1.42. The van der Waals surface area contributed by atoms with Crippen LogP contribution in [0.5, 0.6) is 0 Å². The molecule has 3 rings (SSSR count). The predicted molar refractivity (Wildman–Crippen MR) is 114 cm³/mol. The number of likely N-dealkylation sites (N-methyl/N-ethyl adjacent to an activating group) is 1. The second-order valence-electron chi connectivity index (χ2n) is 6.71. The summed E-state index contributed by atoms with van der Waals surface area (Å²) in [6, 6.07) is 18.5. The monoisotopic (exact) mass is 425 g/mol. The van der Waals surface area contributed by atoms with Gasteiger partial charge >= 0.3 is 0 Å². The van der Waals surface area contributed by atoms with Gasteiger partial charge in [-0.25, -0.2) is 0 Å². The van der Waals surface area contributed by atoms with Crippen molar-refractivity contribution in [2.75, 3.05) is 26.7 Å². The Morgan fingerprint density at radius 3 is 2.67 bits per heavy atom. The lowest BCUT2D eigenvalue weighted by Gasteiger charge is -2.16. The van der Waals surface area contributed by atoms with Crippen molar-refractivity contribution in [1.29, 1.82) is 0 Å². The Kier molecular flexibility index (Phi) is 6.96. The average molecular weight is 426 g/mol. The van der Waals surface area contributed by atoms with Crippen molar-refractivity contribution >= 4 is 32.7 Å². The molecule has 5 heteroatoms. The molecule has 0 fully saturated rings. The number of amides is 1. The van der Waals surface area contributed by atoms with E-state index in [-0.39, 0.29) is 5.91 Å². The highest BCUT2D eigenvalue weighted by molar-refractivity contribution is 9.10. The van der Waals surface area contributed by atoms with E-state index in [1.165, 1.54) is 5.56 Å². The molecule has 0 bridgehead atoms. The van der Waals surface area contributed by atoms with Crippen molar-refractivity contribution in [3.63, 3.8) is 0 Å².